The molecule has 0 aliphatic heterocycles. The standard InChI is InChI=1S/C15H16FN3O3/c1-2-7-17-13-8-11(15(20)21)18-14(19-13)9-22-12-6-4-3-5-10(12)16/h3-6,8H,2,7,9H2,1H3,(H,20,21)(H,17,18,19). The summed E-state index contributed by atoms with van der Waals surface area (Å²) in [6.45, 7) is 2.51. The van der Waals surface area contributed by atoms with Gasteiger partial charge in [-0.2, -0.15) is 0 Å². The zero-order valence-electron chi connectivity index (χ0n) is 12.0. The van der Waals surface area contributed by atoms with Gasteiger partial charge in [-0.25, -0.2) is 19.2 Å². The first-order valence-electron chi connectivity index (χ1n) is 6.82. The fourth-order valence-electron chi connectivity index (χ4n) is 1.72. The first kappa shape index (κ1) is 15.7. The van der Waals surface area contributed by atoms with Crippen LogP contribution in [0.15, 0.2) is 30.3 Å². The van der Waals surface area contributed by atoms with E-state index in [1.807, 2.05) is 6.92 Å². The molecule has 0 atom stereocenters. The SMILES string of the molecule is CCCNc1cc(C(=O)O)nc(COc2ccccc2F)n1. The van der Waals surface area contributed by atoms with Gasteiger partial charge in [-0.15, -0.1) is 0 Å². The van der Waals surface area contributed by atoms with Gasteiger partial charge in [0.2, 0.25) is 0 Å². The molecule has 0 saturated carbocycles. The van der Waals surface area contributed by atoms with Crippen LogP contribution in [-0.2, 0) is 6.61 Å². The van der Waals surface area contributed by atoms with Crippen molar-refractivity contribution in [1.29, 1.82) is 0 Å². The number of hydrogen-bond donors (Lipinski definition) is 2. The zero-order chi connectivity index (χ0) is 15.9. The highest BCUT2D eigenvalue weighted by molar-refractivity contribution is 5.86. The van der Waals surface area contributed by atoms with E-state index >= 15 is 0 Å². The van der Waals surface area contributed by atoms with Gasteiger partial charge in [0.25, 0.3) is 0 Å². The molecule has 0 unspecified atom stereocenters. The first-order chi connectivity index (χ1) is 10.6. The van der Waals surface area contributed by atoms with Crippen LogP contribution >= 0.6 is 0 Å². The Bertz CT molecular complexity index is 664. The molecule has 6 nitrogen and oxygen atoms in total. The fraction of sp³-hybridized carbons (Fsp3) is 0.267. The number of carboxylic acids is 1. The second-order valence-corrected chi connectivity index (χ2v) is 4.51. The fourth-order valence-corrected chi connectivity index (χ4v) is 1.72. The highest BCUT2D eigenvalue weighted by Gasteiger charge is 2.11. The van der Waals surface area contributed by atoms with Crippen LogP contribution in [0.5, 0.6) is 5.75 Å². The highest BCUT2D eigenvalue weighted by Crippen LogP contribution is 2.17. The third-order valence-electron chi connectivity index (χ3n) is 2.74. The summed E-state index contributed by atoms with van der Waals surface area (Å²) in [6, 6.07) is 7.30. The molecule has 22 heavy (non-hydrogen) atoms. The van der Waals surface area contributed by atoms with E-state index in [1.54, 1.807) is 12.1 Å². The first-order valence-corrected chi connectivity index (χ1v) is 6.82. The molecular weight excluding hydrogens is 289 g/mol. The molecule has 116 valence electrons. The third-order valence-corrected chi connectivity index (χ3v) is 2.74. The van der Waals surface area contributed by atoms with Crippen molar-refractivity contribution in [3.8, 4) is 5.75 Å². The second kappa shape index (κ2) is 7.35. The number of carboxylic acid groups (broad SMARTS) is 1. The maximum absolute atomic E-state index is 13.5. The lowest BCUT2D eigenvalue weighted by Gasteiger charge is -2.09. The van der Waals surface area contributed by atoms with Crippen LogP contribution in [-0.4, -0.2) is 27.6 Å². The molecule has 0 aliphatic rings. The van der Waals surface area contributed by atoms with E-state index in [1.165, 1.54) is 18.2 Å². The maximum Gasteiger partial charge on any atom is 0.354 e. The van der Waals surface area contributed by atoms with Gasteiger partial charge < -0.3 is 15.2 Å². The minimum Gasteiger partial charge on any atom is -0.483 e. The van der Waals surface area contributed by atoms with Gasteiger partial charge in [-0.05, 0) is 18.6 Å². The number of ether oxygens (including phenoxy) is 1. The van der Waals surface area contributed by atoms with Gasteiger partial charge in [-0.1, -0.05) is 19.1 Å². The predicted octanol–water partition coefficient (Wildman–Crippen LogP) is 2.71. The molecule has 7 heteroatoms. The number of aromatic nitrogens is 2. The molecule has 1 heterocycles. The van der Waals surface area contributed by atoms with Crippen molar-refractivity contribution in [2.75, 3.05) is 11.9 Å². The molecular formula is C15H16FN3O3. The van der Waals surface area contributed by atoms with Crippen LogP contribution in [0.1, 0.15) is 29.7 Å². The molecule has 1 aromatic carbocycles. The monoisotopic (exact) mass is 305 g/mol. The predicted molar refractivity (Wildman–Crippen MR) is 78.5 cm³/mol. The van der Waals surface area contributed by atoms with Crippen LogP contribution in [0.4, 0.5) is 10.2 Å². The second-order valence-electron chi connectivity index (χ2n) is 4.51. The quantitative estimate of drug-likeness (QED) is 0.818. The van der Waals surface area contributed by atoms with E-state index in [4.69, 9.17) is 9.84 Å². The van der Waals surface area contributed by atoms with Crippen LogP contribution in [0.25, 0.3) is 0 Å². The molecule has 0 spiro atoms. The van der Waals surface area contributed by atoms with Crippen LogP contribution in [0, 0.1) is 5.82 Å². The van der Waals surface area contributed by atoms with Gasteiger partial charge in [0.15, 0.2) is 23.1 Å². The average Bonchev–Trinajstić information content (AvgIpc) is 2.52. The van der Waals surface area contributed by atoms with E-state index in [2.05, 4.69) is 15.3 Å². The molecule has 2 rings (SSSR count). The Morgan fingerprint density at radius 1 is 1.36 bits per heavy atom. The lowest BCUT2D eigenvalue weighted by Crippen LogP contribution is -2.12. The van der Waals surface area contributed by atoms with Gasteiger partial charge in [0, 0.05) is 12.6 Å². The summed E-state index contributed by atoms with van der Waals surface area (Å²) >= 11 is 0. The summed E-state index contributed by atoms with van der Waals surface area (Å²) < 4.78 is 18.8. The van der Waals surface area contributed by atoms with Crippen LogP contribution < -0.4 is 10.1 Å². The van der Waals surface area contributed by atoms with Crippen molar-refractivity contribution in [2.24, 2.45) is 0 Å². The summed E-state index contributed by atoms with van der Waals surface area (Å²) in [5.74, 6) is -1.02. The number of hydrogen-bond acceptors (Lipinski definition) is 5. The molecule has 2 aromatic rings. The molecule has 0 amide bonds. The van der Waals surface area contributed by atoms with Gasteiger partial charge in [0.05, 0.1) is 0 Å². The number of aromatic carboxylic acids is 1. The maximum atomic E-state index is 13.5. The Morgan fingerprint density at radius 2 is 2.14 bits per heavy atom. The van der Waals surface area contributed by atoms with Crippen molar-refractivity contribution in [2.45, 2.75) is 20.0 Å². The largest absolute Gasteiger partial charge is 0.483 e. The van der Waals surface area contributed by atoms with Crippen molar-refractivity contribution >= 4 is 11.8 Å². The molecule has 0 aliphatic carbocycles. The normalized spacial score (nSPS) is 10.3. The number of carbonyl (C=O) groups is 1. The highest BCUT2D eigenvalue weighted by atomic mass is 19.1. The number of anilines is 1. The molecule has 1 aromatic heterocycles. The Morgan fingerprint density at radius 3 is 2.82 bits per heavy atom. The van der Waals surface area contributed by atoms with E-state index in [0.29, 0.717) is 12.4 Å². The average molecular weight is 305 g/mol. The van der Waals surface area contributed by atoms with E-state index in [-0.39, 0.29) is 23.9 Å². The van der Waals surface area contributed by atoms with Crippen molar-refractivity contribution in [3.63, 3.8) is 0 Å². The van der Waals surface area contributed by atoms with Crippen LogP contribution in [0.3, 0.4) is 0 Å². The molecule has 2 N–H and O–H groups in total. The molecule has 0 radical (unpaired) electrons. The van der Waals surface area contributed by atoms with Crippen molar-refractivity contribution in [1.82, 2.24) is 9.97 Å². The van der Waals surface area contributed by atoms with E-state index in [9.17, 15) is 9.18 Å². The summed E-state index contributed by atoms with van der Waals surface area (Å²) in [5, 5.41) is 12.1. The van der Waals surface area contributed by atoms with Crippen LogP contribution in [0.2, 0.25) is 0 Å². The Hall–Kier alpha value is -2.70. The lowest BCUT2D eigenvalue weighted by atomic mass is 10.3. The number of nitrogens with zero attached hydrogens (tertiary/aromatic N) is 2. The lowest BCUT2D eigenvalue weighted by molar-refractivity contribution is 0.0689. The molecule has 0 bridgehead atoms. The minimum absolute atomic E-state index is 0.0647. The molecule has 0 saturated heterocycles. The smallest absolute Gasteiger partial charge is 0.354 e. The Kier molecular flexibility index (Phi) is 5.24. The number of rotatable bonds is 7. The van der Waals surface area contributed by atoms with E-state index in [0.717, 1.165) is 6.42 Å². The summed E-state index contributed by atoms with van der Waals surface area (Å²) in [5.41, 5.74) is -0.138. The van der Waals surface area contributed by atoms with Crippen molar-refractivity contribution < 1.29 is 19.0 Å². The summed E-state index contributed by atoms with van der Waals surface area (Å²) in [6.07, 6.45) is 0.869. The minimum atomic E-state index is -1.16. The van der Waals surface area contributed by atoms with Gasteiger partial charge in [0.1, 0.15) is 12.4 Å². The zero-order valence-corrected chi connectivity index (χ0v) is 12.0. The van der Waals surface area contributed by atoms with Gasteiger partial charge in [-0.3, -0.25) is 0 Å². The number of para-hydroxylation sites is 1. The number of halogens is 1. The van der Waals surface area contributed by atoms with E-state index < -0.39 is 11.8 Å². The summed E-state index contributed by atoms with van der Waals surface area (Å²) in [4.78, 5) is 19.1. The Labute approximate surface area is 127 Å². The topological polar surface area (TPSA) is 84.3 Å². The molecule has 0 fully saturated rings. The summed E-state index contributed by atoms with van der Waals surface area (Å²) in [7, 11) is 0. The van der Waals surface area contributed by atoms with Gasteiger partial charge >= 0.3 is 5.97 Å². The third kappa shape index (κ3) is 4.15. The number of benzene rings is 1. The Balaban J connectivity index is 2.16. The van der Waals surface area contributed by atoms with Crippen molar-refractivity contribution in [3.05, 3.63) is 47.7 Å². The number of nitrogens with one attached hydrogen (secondary N) is 1.